The number of nitrogens with zero attached hydrogens (tertiary/aromatic N) is 1. The molecular formula is C15H22BrN3O2. The van der Waals surface area contributed by atoms with Crippen molar-refractivity contribution in [3.05, 3.63) is 22.7 Å². The van der Waals surface area contributed by atoms with Crippen molar-refractivity contribution in [1.82, 2.24) is 4.90 Å². The number of carbonyl (C=O) groups excluding carboxylic acids is 1. The fourth-order valence-electron chi connectivity index (χ4n) is 2.43. The van der Waals surface area contributed by atoms with Crippen LogP contribution in [0.1, 0.15) is 19.3 Å². The molecule has 1 aliphatic rings. The van der Waals surface area contributed by atoms with Gasteiger partial charge in [0.2, 0.25) is 5.91 Å². The number of nitrogens with one attached hydrogen (secondary N) is 1. The van der Waals surface area contributed by atoms with Gasteiger partial charge in [-0.3, -0.25) is 9.69 Å². The quantitative estimate of drug-likeness (QED) is 0.796. The minimum absolute atomic E-state index is 0.0428. The first-order chi connectivity index (χ1) is 10.0. The van der Waals surface area contributed by atoms with Crippen molar-refractivity contribution < 1.29 is 9.53 Å². The molecule has 116 valence electrons. The average molecular weight is 356 g/mol. The Bertz CT molecular complexity index is 490. The molecule has 0 spiro atoms. The predicted molar refractivity (Wildman–Crippen MR) is 88.3 cm³/mol. The van der Waals surface area contributed by atoms with E-state index in [0.29, 0.717) is 12.2 Å². The maximum absolute atomic E-state index is 12.1. The molecule has 1 heterocycles. The van der Waals surface area contributed by atoms with Crippen molar-refractivity contribution in [2.24, 2.45) is 0 Å². The minimum Gasteiger partial charge on any atom is -0.399 e. The van der Waals surface area contributed by atoms with E-state index >= 15 is 0 Å². The maximum Gasteiger partial charge on any atom is 0.238 e. The van der Waals surface area contributed by atoms with Crippen molar-refractivity contribution in [1.29, 1.82) is 0 Å². The highest BCUT2D eigenvalue weighted by Crippen LogP contribution is 2.24. The van der Waals surface area contributed by atoms with E-state index in [0.717, 1.165) is 36.2 Å². The van der Waals surface area contributed by atoms with Gasteiger partial charge >= 0.3 is 0 Å². The van der Waals surface area contributed by atoms with Crippen LogP contribution in [0.25, 0.3) is 0 Å². The highest BCUT2D eigenvalue weighted by molar-refractivity contribution is 9.10. The Morgan fingerprint density at radius 3 is 3.00 bits per heavy atom. The second-order valence-corrected chi connectivity index (χ2v) is 6.33. The number of anilines is 2. The fraction of sp³-hybridized carbons (Fsp3) is 0.533. The second-order valence-electron chi connectivity index (χ2n) is 5.47. The lowest BCUT2D eigenvalue weighted by molar-refractivity contribution is -0.117. The first kappa shape index (κ1) is 16.3. The summed E-state index contributed by atoms with van der Waals surface area (Å²) in [6, 6.07) is 5.33. The molecule has 1 unspecified atom stereocenters. The largest absolute Gasteiger partial charge is 0.399 e. The number of hydrogen-bond acceptors (Lipinski definition) is 4. The number of benzene rings is 1. The molecular weight excluding hydrogens is 334 g/mol. The van der Waals surface area contributed by atoms with Crippen molar-refractivity contribution in [3.63, 3.8) is 0 Å². The summed E-state index contributed by atoms with van der Waals surface area (Å²) in [5.74, 6) is -0.0428. The van der Waals surface area contributed by atoms with Crippen LogP contribution >= 0.6 is 15.9 Å². The Kier molecular flexibility index (Phi) is 6.02. The zero-order valence-corrected chi connectivity index (χ0v) is 13.9. The van der Waals surface area contributed by atoms with Crippen molar-refractivity contribution in [2.45, 2.75) is 25.4 Å². The van der Waals surface area contributed by atoms with E-state index in [4.69, 9.17) is 10.5 Å². The lowest BCUT2D eigenvalue weighted by Gasteiger charge is -2.27. The van der Waals surface area contributed by atoms with Gasteiger partial charge in [0.15, 0.2) is 0 Å². The molecule has 2 rings (SSSR count). The molecule has 0 aliphatic carbocycles. The van der Waals surface area contributed by atoms with Gasteiger partial charge in [-0.2, -0.15) is 0 Å². The van der Waals surface area contributed by atoms with Crippen LogP contribution in [-0.4, -0.2) is 43.7 Å². The van der Waals surface area contributed by atoms with Crippen LogP contribution < -0.4 is 11.1 Å². The number of hydrogen-bond donors (Lipinski definition) is 2. The molecule has 3 N–H and O–H groups in total. The summed E-state index contributed by atoms with van der Waals surface area (Å²) in [6.45, 7) is 1.97. The predicted octanol–water partition coefficient (Wildman–Crippen LogP) is 2.47. The van der Waals surface area contributed by atoms with Gasteiger partial charge in [-0.15, -0.1) is 0 Å². The van der Waals surface area contributed by atoms with Crippen LogP contribution in [-0.2, 0) is 9.53 Å². The van der Waals surface area contributed by atoms with Gasteiger partial charge in [-0.25, -0.2) is 0 Å². The highest BCUT2D eigenvalue weighted by atomic mass is 79.9. The minimum atomic E-state index is -0.0428. The normalized spacial score (nSPS) is 18.7. The monoisotopic (exact) mass is 355 g/mol. The smallest absolute Gasteiger partial charge is 0.238 e. The van der Waals surface area contributed by atoms with Gasteiger partial charge in [-0.05, 0) is 60.4 Å². The van der Waals surface area contributed by atoms with Gasteiger partial charge < -0.3 is 15.8 Å². The van der Waals surface area contributed by atoms with E-state index < -0.39 is 0 Å². The Hall–Kier alpha value is -1.11. The molecule has 0 aromatic heterocycles. The molecule has 0 bridgehead atoms. The van der Waals surface area contributed by atoms with Crippen LogP contribution in [0.2, 0.25) is 0 Å². The van der Waals surface area contributed by atoms with Crippen molar-refractivity contribution >= 4 is 33.2 Å². The number of nitrogens with two attached hydrogens (primary N) is 1. The number of halogens is 1. The molecule has 0 radical (unpaired) electrons. The number of amides is 1. The van der Waals surface area contributed by atoms with Crippen molar-refractivity contribution in [3.8, 4) is 0 Å². The van der Waals surface area contributed by atoms with Gasteiger partial charge in [0.25, 0.3) is 0 Å². The number of carbonyl (C=O) groups is 1. The first-order valence-electron chi connectivity index (χ1n) is 7.19. The zero-order valence-electron chi connectivity index (χ0n) is 12.3. The number of likely N-dealkylation sites (N-methyl/N-ethyl adjacent to an activating group) is 1. The molecule has 1 aliphatic heterocycles. The zero-order chi connectivity index (χ0) is 15.2. The standard InChI is InChI=1S/C15H22BrN3O2/c1-19(9-12-4-2-3-7-21-12)10-15(20)18-14-6-5-11(17)8-13(14)16/h5-6,8,12H,2-4,7,9-10,17H2,1H3,(H,18,20). The van der Waals surface area contributed by atoms with Crippen LogP contribution in [0.4, 0.5) is 11.4 Å². The Morgan fingerprint density at radius 2 is 2.33 bits per heavy atom. The van der Waals surface area contributed by atoms with E-state index in [1.807, 2.05) is 11.9 Å². The highest BCUT2D eigenvalue weighted by Gasteiger charge is 2.17. The number of rotatable bonds is 5. The lowest BCUT2D eigenvalue weighted by atomic mass is 10.1. The summed E-state index contributed by atoms with van der Waals surface area (Å²) in [6.07, 6.45) is 3.68. The SMILES string of the molecule is CN(CC(=O)Nc1ccc(N)cc1Br)CC1CCCCO1. The topological polar surface area (TPSA) is 67.6 Å². The summed E-state index contributed by atoms with van der Waals surface area (Å²) in [7, 11) is 1.94. The third-order valence-corrected chi connectivity index (χ3v) is 4.13. The molecule has 1 saturated heterocycles. The maximum atomic E-state index is 12.1. The second kappa shape index (κ2) is 7.77. The number of nitrogen functional groups attached to an aromatic ring is 1. The molecule has 6 heteroatoms. The first-order valence-corrected chi connectivity index (χ1v) is 7.99. The van der Waals surface area contributed by atoms with Crippen LogP contribution in [0, 0.1) is 0 Å². The Labute approximate surface area is 134 Å². The molecule has 5 nitrogen and oxygen atoms in total. The molecule has 0 saturated carbocycles. The summed E-state index contributed by atoms with van der Waals surface area (Å²) >= 11 is 3.39. The molecule has 1 aromatic rings. The molecule has 1 atom stereocenters. The number of ether oxygens (including phenoxy) is 1. The fourth-order valence-corrected chi connectivity index (χ4v) is 2.93. The van der Waals surface area contributed by atoms with Gasteiger partial charge in [-0.1, -0.05) is 0 Å². The third-order valence-electron chi connectivity index (χ3n) is 3.47. The van der Waals surface area contributed by atoms with E-state index in [1.54, 1.807) is 18.2 Å². The molecule has 1 fully saturated rings. The molecule has 1 aromatic carbocycles. The van der Waals surface area contributed by atoms with E-state index in [2.05, 4.69) is 21.2 Å². The van der Waals surface area contributed by atoms with E-state index in [-0.39, 0.29) is 12.0 Å². The third kappa shape index (κ3) is 5.30. The summed E-state index contributed by atoms with van der Waals surface area (Å²) in [5.41, 5.74) is 7.07. The van der Waals surface area contributed by atoms with Gasteiger partial charge in [0.1, 0.15) is 0 Å². The average Bonchev–Trinajstić information content (AvgIpc) is 2.43. The lowest BCUT2D eigenvalue weighted by Crippen LogP contribution is -2.37. The van der Waals surface area contributed by atoms with E-state index in [9.17, 15) is 4.79 Å². The summed E-state index contributed by atoms with van der Waals surface area (Å²) in [4.78, 5) is 14.1. The Balaban J connectivity index is 1.80. The molecule has 1 amide bonds. The summed E-state index contributed by atoms with van der Waals surface area (Å²) < 4.78 is 6.47. The molecule has 21 heavy (non-hydrogen) atoms. The summed E-state index contributed by atoms with van der Waals surface area (Å²) in [5, 5.41) is 2.88. The van der Waals surface area contributed by atoms with Crippen molar-refractivity contribution in [2.75, 3.05) is 37.8 Å². The van der Waals surface area contributed by atoms with Crippen LogP contribution in [0.15, 0.2) is 22.7 Å². The van der Waals surface area contributed by atoms with Gasteiger partial charge in [0.05, 0.1) is 18.3 Å². The Morgan fingerprint density at radius 1 is 1.52 bits per heavy atom. The van der Waals surface area contributed by atoms with E-state index in [1.165, 1.54) is 6.42 Å². The van der Waals surface area contributed by atoms with Crippen LogP contribution in [0.5, 0.6) is 0 Å². The van der Waals surface area contributed by atoms with Gasteiger partial charge in [0, 0.05) is 23.3 Å². The van der Waals surface area contributed by atoms with Crippen LogP contribution in [0.3, 0.4) is 0 Å².